The molecule has 0 saturated carbocycles. The van der Waals surface area contributed by atoms with Gasteiger partial charge < -0.3 is 15.0 Å². The molecule has 2 rings (SSSR count). The normalized spacial score (nSPS) is 20.3. The third-order valence-electron chi connectivity index (χ3n) is 3.38. The van der Waals surface area contributed by atoms with Crippen LogP contribution in [0.1, 0.15) is 39.3 Å². The van der Waals surface area contributed by atoms with Crippen LogP contribution >= 0.6 is 0 Å². The maximum Gasteiger partial charge on any atom is 0.273 e. The first-order valence-corrected chi connectivity index (χ1v) is 6.51. The molecule has 0 aliphatic carbocycles. The van der Waals surface area contributed by atoms with Gasteiger partial charge in [-0.05, 0) is 25.0 Å². The van der Waals surface area contributed by atoms with Crippen LogP contribution < -0.4 is 11.3 Å². The number of nitrogens with two attached hydrogens (primary N) is 1. The Morgan fingerprint density at radius 2 is 2.17 bits per heavy atom. The fourth-order valence-electron chi connectivity index (χ4n) is 2.42. The van der Waals surface area contributed by atoms with Gasteiger partial charge in [0.1, 0.15) is 0 Å². The quantitative estimate of drug-likeness (QED) is 0.872. The van der Waals surface area contributed by atoms with Crippen molar-refractivity contribution in [3.8, 4) is 0 Å². The van der Waals surface area contributed by atoms with E-state index in [4.69, 9.17) is 10.5 Å². The van der Waals surface area contributed by atoms with Crippen LogP contribution in [0, 0.1) is 0 Å². The monoisotopic (exact) mass is 250 g/mol. The fourth-order valence-corrected chi connectivity index (χ4v) is 2.42. The van der Waals surface area contributed by atoms with Crippen molar-refractivity contribution in [3.63, 3.8) is 0 Å². The van der Waals surface area contributed by atoms with Gasteiger partial charge >= 0.3 is 0 Å². The van der Waals surface area contributed by atoms with Gasteiger partial charge in [-0.25, -0.2) is 0 Å². The molecular formula is C14H22N2O2. The highest BCUT2D eigenvalue weighted by Gasteiger charge is 2.23. The number of nitrogen functional groups attached to an aromatic ring is 1. The Hall–Kier alpha value is -1.29. The van der Waals surface area contributed by atoms with Crippen LogP contribution in [0.2, 0.25) is 0 Å². The van der Waals surface area contributed by atoms with Gasteiger partial charge in [0.25, 0.3) is 5.56 Å². The Morgan fingerprint density at radius 1 is 1.44 bits per heavy atom. The van der Waals surface area contributed by atoms with Gasteiger partial charge in [-0.2, -0.15) is 0 Å². The lowest BCUT2D eigenvalue weighted by Crippen LogP contribution is -2.34. The maximum atomic E-state index is 12.2. The highest BCUT2D eigenvalue weighted by Crippen LogP contribution is 2.23. The van der Waals surface area contributed by atoms with Crippen LogP contribution in [0.15, 0.2) is 16.9 Å². The van der Waals surface area contributed by atoms with Gasteiger partial charge in [0.15, 0.2) is 0 Å². The Morgan fingerprint density at radius 3 is 2.72 bits per heavy atom. The molecule has 1 saturated heterocycles. The highest BCUT2D eigenvalue weighted by atomic mass is 16.5. The summed E-state index contributed by atoms with van der Waals surface area (Å²) in [6.07, 6.45) is 2.24. The largest absolute Gasteiger partial charge is 0.394 e. The summed E-state index contributed by atoms with van der Waals surface area (Å²) < 4.78 is 7.40. The molecule has 1 aromatic rings. The number of ether oxygens (including phenoxy) is 1. The lowest BCUT2D eigenvalue weighted by atomic mass is 9.91. The van der Waals surface area contributed by atoms with Crippen LogP contribution in [0.3, 0.4) is 0 Å². The molecule has 100 valence electrons. The van der Waals surface area contributed by atoms with Crippen molar-refractivity contribution in [2.24, 2.45) is 0 Å². The van der Waals surface area contributed by atoms with Crippen molar-refractivity contribution in [2.45, 2.75) is 51.7 Å². The van der Waals surface area contributed by atoms with Gasteiger partial charge in [-0.15, -0.1) is 0 Å². The molecule has 4 heteroatoms. The predicted molar refractivity (Wildman–Crippen MR) is 72.8 cm³/mol. The molecule has 18 heavy (non-hydrogen) atoms. The van der Waals surface area contributed by atoms with E-state index in [1.807, 2.05) is 6.07 Å². The van der Waals surface area contributed by atoms with Gasteiger partial charge in [0.2, 0.25) is 0 Å². The van der Waals surface area contributed by atoms with Crippen molar-refractivity contribution < 1.29 is 4.74 Å². The van der Waals surface area contributed by atoms with Crippen molar-refractivity contribution >= 4 is 5.69 Å². The SMILES string of the molecule is CC(C)(C)c1ccc(N)c(=O)n1CC1CCCO1. The molecular weight excluding hydrogens is 228 g/mol. The van der Waals surface area contributed by atoms with Crippen LogP contribution in [-0.4, -0.2) is 17.3 Å². The molecule has 0 spiro atoms. The molecule has 0 radical (unpaired) electrons. The van der Waals surface area contributed by atoms with E-state index in [0.29, 0.717) is 12.2 Å². The first-order valence-electron chi connectivity index (χ1n) is 6.51. The van der Waals surface area contributed by atoms with E-state index in [1.165, 1.54) is 0 Å². The second kappa shape index (κ2) is 4.76. The number of aromatic nitrogens is 1. The molecule has 0 bridgehead atoms. The van der Waals surface area contributed by atoms with Crippen LogP contribution in [-0.2, 0) is 16.7 Å². The molecule has 2 heterocycles. The Labute approximate surface area is 108 Å². The van der Waals surface area contributed by atoms with Gasteiger partial charge in [0.05, 0.1) is 18.3 Å². The van der Waals surface area contributed by atoms with Crippen molar-refractivity contribution in [3.05, 3.63) is 28.2 Å². The zero-order chi connectivity index (χ0) is 13.3. The lowest BCUT2D eigenvalue weighted by molar-refractivity contribution is 0.0948. The fraction of sp³-hybridized carbons (Fsp3) is 0.643. The smallest absolute Gasteiger partial charge is 0.273 e. The van der Waals surface area contributed by atoms with Crippen molar-refractivity contribution in [1.82, 2.24) is 4.57 Å². The summed E-state index contributed by atoms with van der Waals surface area (Å²) in [5.41, 5.74) is 6.87. The van der Waals surface area contributed by atoms with Gasteiger partial charge in [-0.3, -0.25) is 4.79 Å². The summed E-state index contributed by atoms with van der Waals surface area (Å²) in [6.45, 7) is 7.71. The molecule has 2 N–H and O–H groups in total. The van der Waals surface area contributed by atoms with E-state index in [9.17, 15) is 4.79 Å². The average Bonchev–Trinajstić information content (AvgIpc) is 2.76. The van der Waals surface area contributed by atoms with E-state index in [-0.39, 0.29) is 17.1 Å². The highest BCUT2D eigenvalue weighted by molar-refractivity contribution is 5.37. The molecule has 0 amide bonds. The minimum Gasteiger partial charge on any atom is -0.394 e. The molecule has 1 aliphatic heterocycles. The van der Waals surface area contributed by atoms with Gasteiger partial charge in [-0.1, -0.05) is 20.8 Å². The second-order valence-corrected chi connectivity index (χ2v) is 5.97. The Balaban J connectivity index is 2.41. The summed E-state index contributed by atoms with van der Waals surface area (Å²) in [7, 11) is 0. The molecule has 4 nitrogen and oxygen atoms in total. The maximum absolute atomic E-state index is 12.2. The lowest BCUT2D eigenvalue weighted by Gasteiger charge is -2.25. The summed E-state index contributed by atoms with van der Waals surface area (Å²) >= 11 is 0. The summed E-state index contributed by atoms with van der Waals surface area (Å²) in [6, 6.07) is 3.65. The zero-order valence-corrected chi connectivity index (χ0v) is 11.4. The number of nitrogens with zero attached hydrogens (tertiary/aromatic N) is 1. The molecule has 1 atom stereocenters. The molecule has 1 fully saturated rings. The van der Waals surface area contributed by atoms with Crippen LogP contribution in [0.25, 0.3) is 0 Å². The van der Waals surface area contributed by atoms with E-state index in [0.717, 1.165) is 25.1 Å². The minimum absolute atomic E-state index is 0.0779. The zero-order valence-electron chi connectivity index (χ0n) is 11.4. The van der Waals surface area contributed by atoms with E-state index in [2.05, 4.69) is 20.8 Å². The van der Waals surface area contributed by atoms with Gasteiger partial charge in [0, 0.05) is 17.7 Å². The van der Waals surface area contributed by atoms with E-state index < -0.39 is 0 Å². The van der Waals surface area contributed by atoms with E-state index >= 15 is 0 Å². The third-order valence-corrected chi connectivity index (χ3v) is 3.38. The number of rotatable bonds is 2. The van der Waals surface area contributed by atoms with Crippen molar-refractivity contribution in [1.29, 1.82) is 0 Å². The Bertz CT molecular complexity index is 480. The topological polar surface area (TPSA) is 57.2 Å². The van der Waals surface area contributed by atoms with Crippen molar-refractivity contribution in [2.75, 3.05) is 12.3 Å². The Kier molecular flexibility index (Phi) is 3.48. The number of pyridine rings is 1. The average molecular weight is 250 g/mol. The third kappa shape index (κ3) is 2.58. The number of hydrogen-bond acceptors (Lipinski definition) is 3. The predicted octanol–water partition coefficient (Wildman–Crippen LogP) is 1.91. The summed E-state index contributed by atoms with van der Waals surface area (Å²) in [5, 5.41) is 0. The number of anilines is 1. The summed E-state index contributed by atoms with van der Waals surface area (Å²) in [5.74, 6) is 0. The second-order valence-electron chi connectivity index (χ2n) is 5.97. The van der Waals surface area contributed by atoms with E-state index in [1.54, 1.807) is 10.6 Å². The van der Waals surface area contributed by atoms with Crippen LogP contribution in [0.5, 0.6) is 0 Å². The van der Waals surface area contributed by atoms with Crippen LogP contribution in [0.4, 0.5) is 5.69 Å². The standard InChI is InChI=1S/C14H22N2O2/c1-14(2,3)12-7-6-11(15)13(17)16(12)9-10-5-4-8-18-10/h6-7,10H,4-5,8-9,15H2,1-3H3. The number of hydrogen-bond donors (Lipinski definition) is 1. The molecule has 1 aliphatic rings. The molecule has 1 unspecified atom stereocenters. The summed E-state index contributed by atoms with van der Waals surface area (Å²) in [4.78, 5) is 12.2. The molecule has 1 aromatic heterocycles. The first kappa shape index (κ1) is 13.1. The molecule has 0 aromatic carbocycles. The first-order chi connectivity index (χ1) is 8.39. The minimum atomic E-state index is -0.0991.